The van der Waals surface area contributed by atoms with Crippen molar-refractivity contribution in [1.29, 1.82) is 0 Å². The lowest BCUT2D eigenvalue weighted by Crippen LogP contribution is -2.42. The van der Waals surface area contributed by atoms with Crippen LogP contribution in [0, 0.1) is 0 Å². The van der Waals surface area contributed by atoms with Crippen LogP contribution in [0.3, 0.4) is 0 Å². The molecule has 2 aromatic carbocycles. The van der Waals surface area contributed by atoms with E-state index in [1.165, 1.54) is 0 Å². The third kappa shape index (κ3) is 5.15. The highest BCUT2D eigenvalue weighted by Gasteiger charge is 2.14. The van der Waals surface area contributed by atoms with E-state index in [2.05, 4.69) is 5.32 Å². The summed E-state index contributed by atoms with van der Waals surface area (Å²) in [6.45, 7) is 1.14. The second kappa shape index (κ2) is 8.54. The topological polar surface area (TPSA) is 67.5 Å². The molecule has 0 aliphatic heterocycles. The summed E-state index contributed by atoms with van der Waals surface area (Å²) in [6, 6.07) is 17.6. The van der Waals surface area contributed by atoms with Crippen LogP contribution in [0.15, 0.2) is 54.6 Å². The second-order valence-electron chi connectivity index (χ2n) is 5.40. The molecule has 0 radical (unpaired) electrons. The molecule has 0 saturated carbocycles. The van der Waals surface area contributed by atoms with E-state index < -0.39 is 6.10 Å². The number of rotatable bonds is 8. The van der Waals surface area contributed by atoms with Crippen LogP contribution < -0.4 is 15.8 Å². The van der Waals surface area contributed by atoms with Crippen LogP contribution in [0.2, 0.25) is 0 Å². The van der Waals surface area contributed by atoms with Gasteiger partial charge in [-0.1, -0.05) is 42.5 Å². The molecule has 2 rings (SSSR count). The van der Waals surface area contributed by atoms with Gasteiger partial charge in [0, 0.05) is 19.1 Å². The molecule has 0 saturated heterocycles. The molecule has 4 heteroatoms. The molecular weight excluding hydrogens is 276 g/mol. The summed E-state index contributed by atoms with van der Waals surface area (Å²) in [4.78, 5) is 0. The molecule has 0 spiro atoms. The van der Waals surface area contributed by atoms with Crippen molar-refractivity contribution in [2.75, 3.05) is 13.7 Å². The second-order valence-corrected chi connectivity index (χ2v) is 5.40. The molecule has 0 amide bonds. The number of aliphatic hydroxyl groups is 1. The quantitative estimate of drug-likeness (QED) is 0.694. The van der Waals surface area contributed by atoms with Crippen molar-refractivity contribution in [3.05, 3.63) is 65.7 Å². The molecular formula is C18H24N2O2. The Morgan fingerprint density at radius 2 is 1.82 bits per heavy atom. The van der Waals surface area contributed by atoms with Gasteiger partial charge in [-0.25, -0.2) is 0 Å². The Bertz CT molecular complexity index is 560. The van der Waals surface area contributed by atoms with Crippen molar-refractivity contribution in [2.24, 2.45) is 5.73 Å². The Morgan fingerprint density at radius 3 is 2.55 bits per heavy atom. The molecule has 118 valence electrons. The molecule has 0 aliphatic rings. The van der Waals surface area contributed by atoms with Gasteiger partial charge in [0.1, 0.15) is 5.75 Å². The lowest BCUT2D eigenvalue weighted by molar-refractivity contribution is 0.141. The first-order valence-electron chi connectivity index (χ1n) is 7.50. The molecule has 0 aliphatic carbocycles. The van der Waals surface area contributed by atoms with E-state index in [4.69, 9.17) is 10.5 Å². The van der Waals surface area contributed by atoms with E-state index in [-0.39, 0.29) is 6.04 Å². The molecule has 0 bridgehead atoms. The average molecular weight is 300 g/mol. The van der Waals surface area contributed by atoms with Gasteiger partial charge in [0.05, 0.1) is 13.2 Å². The lowest BCUT2D eigenvalue weighted by atomic mass is 10.0. The average Bonchev–Trinajstić information content (AvgIpc) is 2.56. The highest BCUT2D eigenvalue weighted by Crippen LogP contribution is 2.12. The van der Waals surface area contributed by atoms with E-state index >= 15 is 0 Å². The highest BCUT2D eigenvalue weighted by atomic mass is 16.5. The van der Waals surface area contributed by atoms with Crippen molar-refractivity contribution in [1.82, 2.24) is 5.32 Å². The van der Waals surface area contributed by atoms with Crippen molar-refractivity contribution in [3.8, 4) is 5.75 Å². The molecule has 4 nitrogen and oxygen atoms in total. The Morgan fingerprint density at radius 1 is 1.09 bits per heavy atom. The van der Waals surface area contributed by atoms with E-state index in [9.17, 15) is 5.11 Å². The summed E-state index contributed by atoms with van der Waals surface area (Å²) in [5.41, 5.74) is 8.32. The number of hydrogen-bond donors (Lipinski definition) is 3. The minimum atomic E-state index is -0.578. The van der Waals surface area contributed by atoms with Crippen LogP contribution >= 0.6 is 0 Å². The Kier molecular flexibility index (Phi) is 6.40. The number of benzene rings is 2. The van der Waals surface area contributed by atoms with Gasteiger partial charge in [0.2, 0.25) is 0 Å². The van der Waals surface area contributed by atoms with Crippen LogP contribution in [-0.4, -0.2) is 30.9 Å². The van der Waals surface area contributed by atoms with Gasteiger partial charge in [-0.15, -0.1) is 0 Å². The number of ether oxygens (including phenoxy) is 1. The van der Waals surface area contributed by atoms with Crippen LogP contribution in [0.1, 0.15) is 11.1 Å². The first-order chi connectivity index (χ1) is 10.7. The fourth-order valence-corrected chi connectivity index (χ4v) is 2.32. The van der Waals surface area contributed by atoms with Crippen LogP contribution in [0.25, 0.3) is 0 Å². The summed E-state index contributed by atoms with van der Waals surface area (Å²) in [5.74, 6) is 0.834. The Labute approximate surface area is 131 Å². The fourth-order valence-electron chi connectivity index (χ4n) is 2.32. The third-order valence-electron chi connectivity index (χ3n) is 3.63. The summed E-state index contributed by atoms with van der Waals surface area (Å²) in [6.07, 6.45) is 0.0915. The zero-order chi connectivity index (χ0) is 15.8. The van der Waals surface area contributed by atoms with Gasteiger partial charge in [-0.3, -0.25) is 0 Å². The van der Waals surface area contributed by atoms with Crippen LogP contribution in [0.4, 0.5) is 0 Å². The largest absolute Gasteiger partial charge is 0.497 e. The summed E-state index contributed by atoms with van der Waals surface area (Å²) < 4.78 is 5.19. The first-order valence-corrected chi connectivity index (χ1v) is 7.50. The van der Waals surface area contributed by atoms with Gasteiger partial charge in [-0.05, 0) is 29.7 Å². The molecule has 2 atom stereocenters. The molecule has 22 heavy (non-hydrogen) atoms. The van der Waals surface area contributed by atoms with Gasteiger partial charge >= 0.3 is 0 Å². The van der Waals surface area contributed by atoms with E-state index in [0.717, 1.165) is 16.9 Å². The van der Waals surface area contributed by atoms with E-state index in [1.807, 2.05) is 54.6 Å². The zero-order valence-corrected chi connectivity index (χ0v) is 12.9. The molecule has 0 fully saturated rings. The zero-order valence-electron chi connectivity index (χ0n) is 12.9. The van der Waals surface area contributed by atoms with E-state index in [0.29, 0.717) is 19.5 Å². The van der Waals surface area contributed by atoms with Gasteiger partial charge < -0.3 is 20.9 Å². The van der Waals surface area contributed by atoms with Crippen molar-refractivity contribution in [2.45, 2.75) is 25.1 Å². The van der Waals surface area contributed by atoms with Crippen LogP contribution in [-0.2, 0) is 13.0 Å². The number of hydrogen-bond acceptors (Lipinski definition) is 4. The van der Waals surface area contributed by atoms with Crippen molar-refractivity contribution < 1.29 is 9.84 Å². The fraction of sp³-hybridized carbons (Fsp3) is 0.333. The summed E-state index contributed by atoms with van der Waals surface area (Å²) in [7, 11) is 1.65. The normalized spacial score (nSPS) is 13.6. The summed E-state index contributed by atoms with van der Waals surface area (Å²) in [5, 5.41) is 13.4. The Balaban J connectivity index is 1.76. The minimum absolute atomic E-state index is 0.278. The number of nitrogens with one attached hydrogen (secondary N) is 1. The maximum absolute atomic E-state index is 10.1. The summed E-state index contributed by atoms with van der Waals surface area (Å²) >= 11 is 0. The smallest absolute Gasteiger partial charge is 0.119 e. The lowest BCUT2D eigenvalue weighted by Gasteiger charge is -2.19. The number of aliphatic hydroxyl groups excluding tert-OH is 1. The maximum Gasteiger partial charge on any atom is 0.119 e. The first kappa shape index (κ1) is 16.5. The van der Waals surface area contributed by atoms with Gasteiger partial charge in [-0.2, -0.15) is 0 Å². The molecule has 2 aromatic rings. The van der Waals surface area contributed by atoms with Crippen LogP contribution in [0.5, 0.6) is 5.75 Å². The predicted molar refractivity (Wildman–Crippen MR) is 88.8 cm³/mol. The minimum Gasteiger partial charge on any atom is -0.497 e. The maximum atomic E-state index is 10.1. The molecule has 0 aromatic heterocycles. The number of nitrogens with two attached hydrogens (primary N) is 1. The third-order valence-corrected chi connectivity index (χ3v) is 3.63. The molecule has 4 N–H and O–H groups in total. The van der Waals surface area contributed by atoms with Gasteiger partial charge in [0.15, 0.2) is 0 Å². The number of methoxy groups -OCH3 is 1. The standard InChI is InChI=1S/C18H24N2O2/c1-22-16-9-5-8-15(10-16)12-20-13-18(21)17(19)11-14-6-3-2-4-7-14/h2-10,17-18,20-21H,11-13,19H2,1H3/t17-,18-/m0/s1. The van der Waals surface area contributed by atoms with Crippen molar-refractivity contribution in [3.63, 3.8) is 0 Å². The monoisotopic (exact) mass is 300 g/mol. The van der Waals surface area contributed by atoms with Crippen molar-refractivity contribution >= 4 is 0 Å². The predicted octanol–water partition coefficient (Wildman–Crippen LogP) is 1.72. The Hall–Kier alpha value is -1.88. The molecule has 0 unspecified atom stereocenters. The molecule has 0 heterocycles. The SMILES string of the molecule is COc1cccc(CNC[C@H](O)[C@@H](N)Cc2ccccc2)c1. The van der Waals surface area contributed by atoms with E-state index in [1.54, 1.807) is 7.11 Å². The van der Waals surface area contributed by atoms with Gasteiger partial charge in [0.25, 0.3) is 0 Å². The highest BCUT2D eigenvalue weighted by molar-refractivity contribution is 5.28.